The lowest BCUT2D eigenvalue weighted by molar-refractivity contribution is -0.0399. The van der Waals surface area contributed by atoms with Crippen molar-refractivity contribution in [1.29, 1.82) is 0 Å². The van der Waals surface area contributed by atoms with Crippen LogP contribution in [0, 0.1) is 23.7 Å². The third kappa shape index (κ3) is 7.45. The summed E-state index contributed by atoms with van der Waals surface area (Å²) in [5.41, 5.74) is 17.9. The Hall–Kier alpha value is -7.60. The zero-order chi connectivity index (χ0) is 69.3. The quantitative estimate of drug-likeness (QED) is 0.163. The number of aromatic nitrogens is 1. The van der Waals surface area contributed by atoms with Gasteiger partial charge in [-0.15, -0.1) is 11.3 Å². The molecule has 9 aromatic carbocycles. The van der Waals surface area contributed by atoms with Gasteiger partial charge in [0.15, 0.2) is 0 Å². The van der Waals surface area contributed by atoms with E-state index in [4.69, 9.17) is 0 Å². The molecule has 0 unspecified atom stereocenters. The van der Waals surface area contributed by atoms with Gasteiger partial charge in [-0.05, 0) is 242 Å². The summed E-state index contributed by atoms with van der Waals surface area (Å²) in [5, 5.41) is 3.31. The maximum absolute atomic E-state index is 9.62. The van der Waals surface area contributed by atoms with Crippen molar-refractivity contribution in [3.8, 4) is 27.9 Å². The second-order valence-corrected chi connectivity index (χ2v) is 32.9. The smallest absolute Gasteiger partial charge is 0.264 e. The van der Waals surface area contributed by atoms with Crippen LogP contribution in [0.1, 0.15) is 185 Å². The van der Waals surface area contributed by atoms with E-state index in [0.717, 1.165) is 130 Å². The highest BCUT2D eigenvalue weighted by Crippen LogP contribution is 2.71. The van der Waals surface area contributed by atoms with Crippen molar-refractivity contribution >= 4 is 99.8 Å². The van der Waals surface area contributed by atoms with Crippen molar-refractivity contribution in [2.75, 3.05) is 9.80 Å². The molecule has 4 fully saturated rings. The fourth-order valence-electron chi connectivity index (χ4n) is 20.6. The molecule has 3 nitrogen and oxygen atoms in total. The number of benzene rings is 9. The van der Waals surface area contributed by atoms with E-state index in [1.165, 1.54) is 71.0 Å². The Balaban J connectivity index is 0.951. The van der Waals surface area contributed by atoms with Crippen LogP contribution in [0.5, 0.6) is 0 Å². The molecule has 20 rings (SSSR count). The number of para-hydroxylation sites is 2. The summed E-state index contributed by atoms with van der Waals surface area (Å²) in [7, 11) is 0. The second kappa shape index (κ2) is 18.4. The zero-order valence-electron chi connectivity index (χ0n) is 62.7. The van der Waals surface area contributed by atoms with Gasteiger partial charge in [0.25, 0.3) is 6.71 Å². The zero-order valence-corrected chi connectivity index (χ0v) is 54.6. The van der Waals surface area contributed by atoms with E-state index in [0.29, 0.717) is 23.2 Å². The Bertz CT molecular complexity index is 5230. The summed E-state index contributed by atoms with van der Waals surface area (Å²) in [5.74, 6) is 2.37. The highest BCUT2D eigenvalue weighted by atomic mass is 32.1. The first-order chi connectivity index (χ1) is 47.4. The number of fused-ring (bicyclic) bond motifs is 14. The van der Waals surface area contributed by atoms with E-state index >= 15 is 0 Å². The van der Waals surface area contributed by atoms with Crippen molar-refractivity contribution in [2.45, 2.75) is 166 Å². The van der Waals surface area contributed by atoms with Crippen LogP contribution in [0.25, 0.3) is 59.8 Å². The molecule has 1 spiro atoms. The number of hydrogen-bond donors (Lipinski definition) is 0. The second-order valence-electron chi connectivity index (χ2n) is 31.9. The van der Waals surface area contributed by atoms with Crippen LogP contribution in [0.15, 0.2) is 176 Å². The molecule has 452 valence electrons. The van der Waals surface area contributed by atoms with Gasteiger partial charge in [-0.25, -0.2) is 0 Å². The molecule has 0 radical (unpaired) electrons. The van der Waals surface area contributed by atoms with Crippen LogP contribution < -0.4 is 25.5 Å². The van der Waals surface area contributed by atoms with Gasteiger partial charge in [-0.1, -0.05) is 185 Å². The third-order valence-corrected chi connectivity index (χ3v) is 26.2. The molecule has 0 saturated heterocycles. The first-order valence-corrected chi connectivity index (χ1v) is 34.8. The summed E-state index contributed by atoms with van der Waals surface area (Å²) in [6, 6.07) is 64.0. The fraction of sp³-hybridized carbons (Fsp3) is 0.349. The van der Waals surface area contributed by atoms with E-state index in [-0.39, 0.29) is 32.6 Å². The standard InChI is InChI=1S/C86H84BN3S/c1-81(2,3)54-45-74-78-75(46-54)90(72-26-18-23-65-77(72)61-21-12-15-22-63(61)86(65)55-40-50-39-51(42-55)43-56(86)41-50)79-62-48-67-68(85(10,11)38-37-84(67,8)9)49-76(62)91-80(79)87(78)69-34-32-58(89-70-24-16-13-19-59(70)60-20-14-17-25-71(60)89)47-73(69)88(74)57-30-27-52(28-31-57)53-29-33-64-66(44-53)83(6,7)36-35-82(64,4)5/h12-34,44-51,55-56H,35-43H2,1-11H3/i1D3,2D3,3D3. The Labute approximate surface area is 556 Å². The van der Waals surface area contributed by atoms with Crippen molar-refractivity contribution in [2.24, 2.45) is 23.7 Å². The average molecular weight is 1210 g/mol. The van der Waals surface area contributed by atoms with Crippen LogP contribution in [0.4, 0.5) is 34.1 Å². The Morgan fingerprint density at radius 2 is 1.03 bits per heavy atom. The first kappa shape index (κ1) is 46.5. The number of thiophene rings is 1. The SMILES string of the molecule is [2H]C([2H])([2H])C(c1cc2c3c(c1)N(c1cccc4c1-c1ccccc1C41C4CC5CC(C4)CC1C5)c1c(sc4cc5c(cc14)C(C)(C)CCC5(C)C)B3c1ccc(-n3c4ccccc4c4ccccc43)cc1N2c1ccc(-c2ccc3c(c2)C(C)(C)CCC3(C)C)cc1)(C([2H])([2H])[2H])C([2H])([2H])[2H]. The van der Waals surface area contributed by atoms with E-state index in [9.17, 15) is 12.3 Å². The summed E-state index contributed by atoms with van der Waals surface area (Å²) in [6.07, 6.45) is 10.3. The van der Waals surface area contributed by atoms with Gasteiger partial charge in [-0.2, -0.15) is 0 Å². The summed E-state index contributed by atoms with van der Waals surface area (Å²) >= 11 is 1.83. The van der Waals surface area contributed by atoms with Crippen molar-refractivity contribution in [1.82, 2.24) is 4.57 Å². The molecule has 5 heteroatoms. The number of nitrogens with zero attached hydrogens (tertiary/aromatic N) is 3. The molecule has 4 heterocycles. The predicted molar refractivity (Wildman–Crippen MR) is 388 cm³/mol. The van der Waals surface area contributed by atoms with E-state index in [2.05, 4.69) is 234 Å². The Morgan fingerprint density at radius 1 is 0.462 bits per heavy atom. The van der Waals surface area contributed by atoms with Crippen LogP contribution in [-0.4, -0.2) is 11.3 Å². The molecule has 7 aliphatic carbocycles. The van der Waals surface area contributed by atoms with E-state index in [1.54, 1.807) is 12.1 Å². The van der Waals surface area contributed by atoms with Gasteiger partial charge >= 0.3 is 0 Å². The highest BCUT2D eigenvalue weighted by molar-refractivity contribution is 7.33. The van der Waals surface area contributed by atoms with Crippen LogP contribution >= 0.6 is 11.3 Å². The Morgan fingerprint density at radius 3 is 1.70 bits per heavy atom. The molecule has 4 bridgehead atoms. The lowest BCUT2D eigenvalue weighted by Crippen LogP contribution is -2.60. The summed E-state index contributed by atoms with van der Waals surface area (Å²) < 4.78 is 91.1. The predicted octanol–water partition coefficient (Wildman–Crippen LogP) is 21.5. The molecule has 2 aliphatic heterocycles. The van der Waals surface area contributed by atoms with Crippen molar-refractivity contribution in [3.63, 3.8) is 0 Å². The average Bonchev–Trinajstić information content (AvgIpc) is 1.39. The van der Waals surface area contributed by atoms with E-state index < -0.39 is 32.7 Å². The molecule has 2 aromatic heterocycles. The molecule has 11 aromatic rings. The number of rotatable bonds is 4. The molecule has 0 N–H and O–H groups in total. The molecular weight excluding hydrogens is 1120 g/mol. The topological polar surface area (TPSA) is 11.4 Å². The summed E-state index contributed by atoms with van der Waals surface area (Å²) in [6.45, 7) is 7.75. The molecule has 0 atom stereocenters. The number of anilines is 6. The molecule has 4 saturated carbocycles. The molecule has 91 heavy (non-hydrogen) atoms. The number of hydrogen-bond acceptors (Lipinski definition) is 3. The van der Waals surface area contributed by atoms with Crippen molar-refractivity contribution < 1.29 is 12.3 Å². The van der Waals surface area contributed by atoms with Gasteiger partial charge in [0.1, 0.15) is 0 Å². The minimum atomic E-state index is -3.57. The molecule has 9 aliphatic rings. The first-order valence-electron chi connectivity index (χ1n) is 38.4. The monoisotopic (exact) mass is 1210 g/mol. The molecular formula is C86H84BN3S. The largest absolute Gasteiger partial charge is 0.311 e. The minimum absolute atomic E-state index is 0.0189. The van der Waals surface area contributed by atoms with Crippen LogP contribution in [-0.2, 0) is 32.5 Å². The fourth-order valence-corrected chi connectivity index (χ4v) is 21.9. The maximum Gasteiger partial charge on any atom is 0.264 e. The van der Waals surface area contributed by atoms with Gasteiger partial charge in [-0.3, -0.25) is 0 Å². The normalized spacial score (nSPS) is 25.6. The van der Waals surface area contributed by atoms with Crippen LogP contribution in [0.3, 0.4) is 0 Å². The van der Waals surface area contributed by atoms with E-state index in [1.807, 2.05) is 11.3 Å². The lowest BCUT2D eigenvalue weighted by atomic mass is 9.36. The molecule has 0 amide bonds. The van der Waals surface area contributed by atoms with Gasteiger partial charge in [0, 0.05) is 77.4 Å². The van der Waals surface area contributed by atoms with Gasteiger partial charge in [0.2, 0.25) is 0 Å². The summed E-state index contributed by atoms with van der Waals surface area (Å²) in [4.78, 5) is 4.61. The Kier molecular flexibility index (Phi) is 9.38. The van der Waals surface area contributed by atoms with Gasteiger partial charge in [0.05, 0.1) is 22.4 Å². The lowest BCUT2D eigenvalue weighted by Gasteiger charge is -2.61. The van der Waals surface area contributed by atoms with Crippen molar-refractivity contribution in [3.05, 3.63) is 215 Å². The maximum atomic E-state index is 9.62. The highest BCUT2D eigenvalue weighted by Gasteiger charge is 2.62. The van der Waals surface area contributed by atoms with Gasteiger partial charge < -0.3 is 14.4 Å². The van der Waals surface area contributed by atoms with Crippen LogP contribution in [0.2, 0.25) is 0 Å². The third-order valence-electron chi connectivity index (χ3n) is 25.0. The minimum Gasteiger partial charge on any atom is -0.311 e.